The maximum Gasteiger partial charge on any atom is 0.335 e. The number of benzene rings is 2. The van der Waals surface area contributed by atoms with Crippen LogP contribution in [0, 0.1) is 0 Å². The quantitative estimate of drug-likeness (QED) is 0.506. The molecule has 2 aromatic carbocycles. The van der Waals surface area contributed by atoms with Crippen molar-refractivity contribution in [1.82, 2.24) is 0 Å². The van der Waals surface area contributed by atoms with Gasteiger partial charge in [0.25, 0.3) is 0 Å². The zero-order valence-corrected chi connectivity index (χ0v) is 16.0. The second-order valence-electron chi connectivity index (χ2n) is 6.88. The van der Waals surface area contributed by atoms with E-state index in [9.17, 15) is 24.9 Å². The summed E-state index contributed by atoms with van der Waals surface area (Å²) in [6, 6.07) is 15.8. The van der Waals surface area contributed by atoms with Crippen LogP contribution in [0.1, 0.15) is 18.4 Å². The van der Waals surface area contributed by atoms with Gasteiger partial charge in [0.15, 0.2) is 6.10 Å². The van der Waals surface area contributed by atoms with Crippen molar-refractivity contribution in [2.45, 2.75) is 43.5 Å². The van der Waals surface area contributed by atoms with E-state index in [1.54, 1.807) is 43.3 Å². The molecule has 3 rings (SSSR count). The Bertz CT molecular complexity index is 885. The largest absolute Gasteiger partial charge is 0.479 e. The number of aliphatic hydroxyl groups excluding tert-OH is 3. The van der Waals surface area contributed by atoms with Gasteiger partial charge >= 0.3 is 11.9 Å². The van der Waals surface area contributed by atoms with Crippen LogP contribution in [0.4, 0.5) is 0 Å². The molecule has 30 heavy (non-hydrogen) atoms. The lowest BCUT2D eigenvalue weighted by Gasteiger charge is -2.38. The first-order valence-electron chi connectivity index (χ1n) is 9.23. The summed E-state index contributed by atoms with van der Waals surface area (Å²) in [5.74, 6) is -2.07. The lowest BCUT2D eigenvalue weighted by molar-refractivity contribution is -0.286. The van der Waals surface area contributed by atoms with E-state index < -0.39 is 48.6 Å². The summed E-state index contributed by atoms with van der Waals surface area (Å²) in [6.45, 7) is 1.55. The van der Waals surface area contributed by atoms with Gasteiger partial charge in [0.2, 0.25) is 6.29 Å². The molecule has 0 radical (unpaired) electrons. The average Bonchev–Trinajstić information content (AvgIpc) is 2.74. The van der Waals surface area contributed by atoms with Crippen LogP contribution in [0.15, 0.2) is 54.6 Å². The van der Waals surface area contributed by atoms with Crippen LogP contribution in [0.2, 0.25) is 0 Å². The van der Waals surface area contributed by atoms with Gasteiger partial charge in [0, 0.05) is 0 Å². The molecule has 1 heterocycles. The monoisotopic (exact) mass is 418 g/mol. The van der Waals surface area contributed by atoms with Crippen LogP contribution >= 0.6 is 0 Å². The first kappa shape index (κ1) is 21.7. The summed E-state index contributed by atoms with van der Waals surface area (Å²) < 4.78 is 15.8. The number of ether oxygens (including phenoxy) is 3. The number of para-hydroxylation sites is 1. The summed E-state index contributed by atoms with van der Waals surface area (Å²) >= 11 is 0. The van der Waals surface area contributed by atoms with E-state index in [0.29, 0.717) is 17.1 Å². The van der Waals surface area contributed by atoms with Crippen LogP contribution in [-0.4, -0.2) is 63.1 Å². The van der Waals surface area contributed by atoms with Crippen molar-refractivity contribution in [3.05, 3.63) is 60.2 Å². The highest BCUT2D eigenvalue weighted by molar-refractivity contribution is 5.78. The van der Waals surface area contributed by atoms with Crippen LogP contribution in [-0.2, 0) is 19.1 Å². The molecule has 0 spiro atoms. The zero-order valence-electron chi connectivity index (χ0n) is 16.0. The van der Waals surface area contributed by atoms with Gasteiger partial charge < -0.3 is 34.6 Å². The second kappa shape index (κ2) is 9.23. The maximum atomic E-state index is 12.5. The highest BCUT2D eigenvalue weighted by Gasteiger charge is 2.48. The fraction of sp³-hybridized carbons (Fsp3) is 0.333. The summed E-state index contributed by atoms with van der Waals surface area (Å²) in [7, 11) is 0. The van der Waals surface area contributed by atoms with Crippen molar-refractivity contribution >= 4 is 11.9 Å². The van der Waals surface area contributed by atoms with Crippen molar-refractivity contribution in [2.75, 3.05) is 0 Å². The second-order valence-corrected chi connectivity index (χ2v) is 6.88. The van der Waals surface area contributed by atoms with Crippen molar-refractivity contribution in [3.8, 4) is 11.5 Å². The predicted octanol–water partition coefficient (Wildman–Crippen LogP) is 1.02. The molecule has 1 unspecified atom stereocenters. The van der Waals surface area contributed by atoms with E-state index in [2.05, 4.69) is 0 Å². The molecule has 1 fully saturated rings. The Morgan fingerprint density at radius 1 is 0.933 bits per heavy atom. The van der Waals surface area contributed by atoms with Gasteiger partial charge in [-0.2, -0.15) is 0 Å². The molecule has 1 aliphatic heterocycles. The number of carbonyl (C=O) groups excluding carboxylic acids is 1. The van der Waals surface area contributed by atoms with Gasteiger partial charge in [-0.15, -0.1) is 0 Å². The SMILES string of the molecule is CC(C(=O)O[C@@H]1O[C@H](C(=O)O)[C@@H](O)[C@H](O)[C@H]1O)c1cccc(Oc2ccccc2)c1. The van der Waals surface area contributed by atoms with Crippen molar-refractivity contribution in [3.63, 3.8) is 0 Å². The number of aliphatic hydroxyl groups is 3. The van der Waals surface area contributed by atoms with Gasteiger partial charge in [0.1, 0.15) is 29.8 Å². The van der Waals surface area contributed by atoms with Crippen LogP contribution in [0.25, 0.3) is 0 Å². The van der Waals surface area contributed by atoms with E-state index in [1.165, 1.54) is 0 Å². The summed E-state index contributed by atoms with van der Waals surface area (Å²) in [6.07, 6.45) is -9.12. The lowest BCUT2D eigenvalue weighted by atomic mass is 9.98. The Morgan fingerprint density at radius 3 is 2.27 bits per heavy atom. The Hall–Kier alpha value is -2.98. The third-order valence-corrected chi connectivity index (χ3v) is 4.74. The summed E-state index contributed by atoms with van der Waals surface area (Å²) in [5, 5.41) is 38.6. The summed E-state index contributed by atoms with van der Waals surface area (Å²) in [4.78, 5) is 23.7. The fourth-order valence-corrected chi connectivity index (χ4v) is 2.97. The third-order valence-electron chi connectivity index (χ3n) is 4.74. The maximum absolute atomic E-state index is 12.5. The molecule has 0 saturated carbocycles. The van der Waals surface area contributed by atoms with E-state index in [-0.39, 0.29) is 0 Å². The Morgan fingerprint density at radius 2 is 1.60 bits per heavy atom. The van der Waals surface area contributed by atoms with Gasteiger partial charge in [-0.3, -0.25) is 4.79 Å². The lowest BCUT2D eigenvalue weighted by Crippen LogP contribution is -2.60. The zero-order chi connectivity index (χ0) is 21.8. The van der Waals surface area contributed by atoms with Crippen LogP contribution in [0.5, 0.6) is 11.5 Å². The molecule has 9 heteroatoms. The standard InChI is InChI=1S/C21H22O9/c1-11(12-6-5-9-14(10-12)28-13-7-3-2-4-8-13)20(27)30-21-17(24)15(22)16(23)18(29-21)19(25)26/h2-11,15-18,21-24H,1H3,(H,25,26)/t11?,15-,16-,17+,18-,21-/m0/s1. The topological polar surface area (TPSA) is 143 Å². The average molecular weight is 418 g/mol. The van der Waals surface area contributed by atoms with E-state index in [1.807, 2.05) is 18.2 Å². The molecule has 1 aliphatic rings. The predicted molar refractivity (Wildman–Crippen MR) is 102 cm³/mol. The van der Waals surface area contributed by atoms with E-state index >= 15 is 0 Å². The molecule has 2 aromatic rings. The van der Waals surface area contributed by atoms with E-state index in [0.717, 1.165) is 0 Å². The molecular formula is C21H22O9. The molecular weight excluding hydrogens is 396 g/mol. The van der Waals surface area contributed by atoms with Crippen molar-refractivity contribution in [2.24, 2.45) is 0 Å². The van der Waals surface area contributed by atoms with Crippen LogP contribution < -0.4 is 4.74 Å². The molecule has 4 N–H and O–H groups in total. The fourth-order valence-electron chi connectivity index (χ4n) is 2.97. The Labute approximate surface area is 172 Å². The molecule has 0 bridgehead atoms. The number of carbonyl (C=O) groups is 2. The van der Waals surface area contributed by atoms with Gasteiger partial charge in [0.05, 0.1) is 5.92 Å². The number of esters is 1. The van der Waals surface area contributed by atoms with Gasteiger partial charge in [-0.25, -0.2) is 4.79 Å². The molecule has 0 amide bonds. The molecule has 160 valence electrons. The number of carboxylic acids is 1. The number of carboxylic acid groups (broad SMARTS) is 1. The molecule has 6 atom stereocenters. The van der Waals surface area contributed by atoms with Gasteiger partial charge in [-0.1, -0.05) is 30.3 Å². The van der Waals surface area contributed by atoms with Crippen molar-refractivity contribution < 1.29 is 44.2 Å². The minimum atomic E-state index is -1.86. The minimum Gasteiger partial charge on any atom is -0.479 e. The number of hydrogen-bond donors (Lipinski definition) is 4. The number of rotatable bonds is 6. The highest BCUT2D eigenvalue weighted by atomic mass is 16.7. The molecule has 1 saturated heterocycles. The molecule has 0 aliphatic carbocycles. The number of hydrogen-bond acceptors (Lipinski definition) is 8. The first-order chi connectivity index (χ1) is 14.3. The molecule has 9 nitrogen and oxygen atoms in total. The summed E-state index contributed by atoms with van der Waals surface area (Å²) in [5.41, 5.74) is 0.550. The first-order valence-corrected chi connectivity index (χ1v) is 9.23. The third kappa shape index (κ3) is 4.77. The normalized spacial score (nSPS) is 27.1. The minimum absolute atomic E-state index is 0.497. The smallest absolute Gasteiger partial charge is 0.335 e. The molecule has 0 aromatic heterocycles. The Balaban J connectivity index is 1.69. The van der Waals surface area contributed by atoms with Crippen LogP contribution in [0.3, 0.4) is 0 Å². The highest BCUT2D eigenvalue weighted by Crippen LogP contribution is 2.28. The van der Waals surface area contributed by atoms with E-state index in [4.69, 9.17) is 19.3 Å². The van der Waals surface area contributed by atoms with Gasteiger partial charge in [-0.05, 0) is 36.8 Å². The number of aliphatic carboxylic acids is 1. The van der Waals surface area contributed by atoms with Crippen molar-refractivity contribution in [1.29, 1.82) is 0 Å². The Kier molecular flexibility index (Phi) is 6.68.